The number of ether oxygens (including phenoxy) is 1. The Bertz CT molecular complexity index is 515. The number of pyridine rings is 1. The van der Waals surface area contributed by atoms with Gasteiger partial charge < -0.3 is 20.0 Å². The van der Waals surface area contributed by atoms with E-state index in [0.717, 1.165) is 0 Å². The molecule has 0 fully saturated rings. The molecular weight excluding hydrogens is 268 g/mol. The highest BCUT2D eigenvalue weighted by Crippen LogP contribution is 2.34. The number of carbonyl (C=O) groups is 1. The number of rotatable bonds is 3. The van der Waals surface area contributed by atoms with Crippen molar-refractivity contribution in [3.8, 4) is 5.75 Å². The van der Waals surface area contributed by atoms with Crippen LogP contribution in [0.5, 0.6) is 5.75 Å². The van der Waals surface area contributed by atoms with Crippen LogP contribution in [0.25, 0.3) is 0 Å². The third-order valence-electron chi connectivity index (χ3n) is 1.58. The lowest BCUT2D eigenvalue weighted by atomic mass is 10.2. The van der Waals surface area contributed by atoms with Crippen LogP contribution in [-0.4, -0.2) is 27.3 Å². The van der Waals surface area contributed by atoms with E-state index in [-0.39, 0.29) is 6.20 Å². The summed E-state index contributed by atoms with van der Waals surface area (Å²) in [7, 11) is 0. The second kappa shape index (κ2) is 4.43. The Balaban J connectivity index is 3.45. The molecule has 0 amide bonds. The predicted molar refractivity (Wildman–Crippen MR) is 44.5 cm³/mol. The normalized spacial score (nSPS) is 11.1. The van der Waals surface area contributed by atoms with Crippen molar-refractivity contribution in [2.45, 2.75) is 6.36 Å². The van der Waals surface area contributed by atoms with Crippen LogP contribution >= 0.6 is 0 Å². The largest absolute Gasteiger partial charge is 0.573 e. The van der Waals surface area contributed by atoms with Gasteiger partial charge in [-0.3, -0.25) is 0 Å². The molecule has 0 aromatic carbocycles. The number of nitro groups is 1. The van der Waals surface area contributed by atoms with Crippen LogP contribution in [0, 0.1) is 15.9 Å². The molecular formula is C7H2F4N2O5. The van der Waals surface area contributed by atoms with E-state index >= 15 is 0 Å². The van der Waals surface area contributed by atoms with E-state index in [1.165, 1.54) is 0 Å². The van der Waals surface area contributed by atoms with Crippen LogP contribution in [0.3, 0.4) is 0 Å². The second-order valence-corrected chi connectivity index (χ2v) is 2.75. The highest BCUT2D eigenvalue weighted by molar-refractivity contribution is 5.88. The fourth-order valence-electron chi connectivity index (χ4n) is 0.947. The Labute approximate surface area is 94.8 Å². The Hall–Kier alpha value is -2.46. The van der Waals surface area contributed by atoms with Crippen LogP contribution in [-0.2, 0) is 0 Å². The van der Waals surface area contributed by atoms with E-state index in [9.17, 15) is 32.5 Å². The fourth-order valence-corrected chi connectivity index (χ4v) is 0.947. The zero-order valence-corrected chi connectivity index (χ0v) is 8.06. The van der Waals surface area contributed by atoms with Crippen LogP contribution in [0.4, 0.5) is 23.4 Å². The van der Waals surface area contributed by atoms with Crippen LogP contribution in [0.2, 0.25) is 0 Å². The Morgan fingerprint density at radius 1 is 1.50 bits per heavy atom. The van der Waals surface area contributed by atoms with Crippen LogP contribution in [0.1, 0.15) is 10.4 Å². The molecule has 0 atom stereocenters. The van der Waals surface area contributed by atoms with Crippen molar-refractivity contribution in [3.63, 3.8) is 0 Å². The third-order valence-corrected chi connectivity index (χ3v) is 1.58. The van der Waals surface area contributed by atoms with Gasteiger partial charge in [0.2, 0.25) is 0 Å². The van der Waals surface area contributed by atoms with Gasteiger partial charge in [-0.1, -0.05) is 0 Å². The van der Waals surface area contributed by atoms with Crippen LogP contribution < -0.4 is 4.74 Å². The average molecular weight is 270 g/mol. The van der Waals surface area contributed by atoms with Crippen molar-refractivity contribution in [1.82, 2.24) is 4.98 Å². The maximum Gasteiger partial charge on any atom is 0.573 e. The molecule has 1 N–H and O–H groups in total. The summed E-state index contributed by atoms with van der Waals surface area (Å²) < 4.78 is 52.1. The summed E-state index contributed by atoms with van der Waals surface area (Å²) >= 11 is 0. The number of carboxylic acid groups (broad SMARTS) is 1. The molecule has 0 bridgehead atoms. The van der Waals surface area contributed by atoms with Gasteiger partial charge in [-0.25, -0.2) is 9.18 Å². The van der Waals surface area contributed by atoms with Crippen molar-refractivity contribution in [2.75, 3.05) is 0 Å². The minimum atomic E-state index is -5.43. The first-order valence-corrected chi connectivity index (χ1v) is 3.95. The molecule has 0 aliphatic rings. The van der Waals surface area contributed by atoms with Gasteiger partial charge in [0.15, 0.2) is 12.0 Å². The molecule has 7 nitrogen and oxygen atoms in total. The van der Waals surface area contributed by atoms with Crippen molar-refractivity contribution in [2.24, 2.45) is 0 Å². The summed E-state index contributed by atoms with van der Waals surface area (Å²) in [6, 6.07) is 0. The molecule has 18 heavy (non-hydrogen) atoms. The van der Waals surface area contributed by atoms with E-state index in [1.54, 1.807) is 0 Å². The standard InChI is InChI=1S/C7H2F4N2O5/c8-3-2(6(14)15)1-12-5(13(16)17)4(3)18-7(9,10)11/h1H,(H,14,15). The third kappa shape index (κ3) is 2.81. The molecule has 1 rings (SSSR count). The Kier molecular flexibility index (Phi) is 3.35. The monoisotopic (exact) mass is 270 g/mol. The summed E-state index contributed by atoms with van der Waals surface area (Å²) in [6.45, 7) is 0. The number of carboxylic acids is 1. The highest BCUT2D eigenvalue weighted by atomic mass is 19.4. The average Bonchev–Trinajstić information content (AvgIpc) is 2.17. The molecule has 0 aliphatic carbocycles. The smallest absolute Gasteiger partial charge is 0.477 e. The first kappa shape index (κ1) is 13.6. The first-order chi connectivity index (χ1) is 8.13. The SMILES string of the molecule is O=C(O)c1cnc([N+](=O)[O-])c(OC(F)(F)F)c1F. The highest BCUT2D eigenvalue weighted by Gasteiger charge is 2.39. The van der Waals surface area contributed by atoms with Crippen molar-refractivity contribution < 1.29 is 37.1 Å². The van der Waals surface area contributed by atoms with E-state index in [1.807, 2.05) is 0 Å². The predicted octanol–water partition coefficient (Wildman–Crippen LogP) is 1.73. The van der Waals surface area contributed by atoms with Crippen molar-refractivity contribution >= 4 is 11.8 Å². The van der Waals surface area contributed by atoms with Crippen molar-refractivity contribution in [1.29, 1.82) is 0 Å². The minimum Gasteiger partial charge on any atom is -0.477 e. The molecule has 0 aliphatic heterocycles. The van der Waals surface area contributed by atoms with E-state index in [2.05, 4.69) is 9.72 Å². The minimum absolute atomic E-state index is 0.221. The molecule has 1 aromatic rings. The van der Waals surface area contributed by atoms with Gasteiger partial charge in [0.1, 0.15) is 5.56 Å². The number of aromatic carboxylic acids is 1. The number of hydrogen-bond donors (Lipinski definition) is 1. The second-order valence-electron chi connectivity index (χ2n) is 2.75. The van der Waals surface area contributed by atoms with E-state index < -0.39 is 40.2 Å². The number of aromatic nitrogens is 1. The molecule has 0 spiro atoms. The van der Waals surface area contributed by atoms with Gasteiger partial charge in [-0.2, -0.15) is 0 Å². The zero-order chi connectivity index (χ0) is 14.1. The molecule has 1 aromatic heterocycles. The lowest BCUT2D eigenvalue weighted by molar-refractivity contribution is -0.393. The summed E-state index contributed by atoms with van der Waals surface area (Å²) in [6.07, 6.45) is -5.20. The number of halogens is 4. The number of hydrogen-bond acceptors (Lipinski definition) is 5. The van der Waals surface area contributed by atoms with Gasteiger partial charge in [-0.15, -0.1) is 13.2 Å². The molecule has 0 saturated heterocycles. The fraction of sp³-hybridized carbons (Fsp3) is 0.143. The quantitative estimate of drug-likeness (QED) is 0.509. The first-order valence-electron chi connectivity index (χ1n) is 3.95. The van der Waals surface area contributed by atoms with Gasteiger partial charge in [-0.05, 0) is 9.91 Å². The van der Waals surface area contributed by atoms with E-state index in [4.69, 9.17) is 5.11 Å². The molecule has 11 heteroatoms. The van der Waals surface area contributed by atoms with Gasteiger partial charge in [0, 0.05) is 0 Å². The van der Waals surface area contributed by atoms with Crippen LogP contribution in [0.15, 0.2) is 6.20 Å². The molecule has 98 valence electrons. The summed E-state index contributed by atoms with van der Waals surface area (Å²) in [5, 5.41) is 18.8. The van der Waals surface area contributed by atoms with Gasteiger partial charge in [0.25, 0.3) is 5.75 Å². The molecule has 0 saturated carbocycles. The molecule has 0 radical (unpaired) electrons. The van der Waals surface area contributed by atoms with Gasteiger partial charge in [0.05, 0.1) is 0 Å². The topological polar surface area (TPSA) is 103 Å². The summed E-state index contributed by atoms with van der Waals surface area (Å²) in [5.74, 6) is -7.44. The molecule has 0 unspecified atom stereocenters. The zero-order valence-electron chi connectivity index (χ0n) is 8.06. The summed E-state index contributed by atoms with van der Waals surface area (Å²) in [4.78, 5) is 22.1. The Morgan fingerprint density at radius 2 is 2.06 bits per heavy atom. The molecule has 1 heterocycles. The maximum absolute atomic E-state index is 13.3. The number of nitrogens with zero attached hydrogens (tertiary/aromatic N) is 2. The lowest BCUT2D eigenvalue weighted by Gasteiger charge is -2.09. The summed E-state index contributed by atoms with van der Waals surface area (Å²) in [5.41, 5.74) is -1.28. The van der Waals surface area contributed by atoms with E-state index in [0.29, 0.717) is 0 Å². The lowest BCUT2D eigenvalue weighted by Crippen LogP contribution is -2.20. The van der Waals surface area contributed by atoms with Gasteiger partial charge >= 0.3 is 18.1 Å². The Morgan fingerprint density at radius 3 is 2.44 bits per heavy atom. The number of alkyl halides is 3. The maximum atomic E-state index is 13.3. The van der Waals surface area contributed by atoms with Crippen molar-refractivity contribution in [3.05, 3.63) is 27.7 Å².